The lowest BCUT2D eigenvalue weighted by atomic mass is 10.1. The molecule has 0 unspecified atom stereocenters. The van der Waals surface area contributed by atoms with E-state index >= 15 is 0 Å². The molecule has 1 aliphatic rings. The highest BCUT2D eigenvalue weighted by atomic mass is 79.9. The van der Waals surface area contributed by atoms with E-state index in [1.165, 1.54) is 18.2 Å². The molecule has 0 radical (unpaired) electrons. The number of ether oxygens (including phenoxy) is 2. The van der Waals surface area contributed by atoms with Crippen molar-refractivity contribution in [2.75, 3.05) is 18.1 Å². The van der Waals surface area contributed by atoms with Crippen molar-refractivity contribution in [3.8, 4) is 5.75 Å². The van der Waals surface area contributed by atoms with Gasteiger partial charge in [0.15, 0.2) is 6.61 Å². The van der Waals surface area contributed by atoms with Crippen LogP contribution in [0.2, 0.25) is 5.02 Å². The van der Waals surface area contributed by atoms with Crippen molar-refractivity contribution < 1.29 is 28.7 Å². The zero-order valence-corrected chi connectivity index (χ0v) is 19.5. The second-order valence-electron chi connectivity index (χ2n) is 6.67. The molecule has 1 saturated heterocycles. The van der Waals surface area contributed by atoms with Crippen molar-refractivity contribution >= 4 is 63.1 Å². The molecule has 0 spiro atoms. The largest absolute Gasteiger partial charge is 0.480 e. The summed E-state index contributed by atoms with van der Waals surface area (Å²) in [7, 11) is 0. The Morgan fingerprint density at radius 3 is 2.59 bits per heavy atom. The van der Waals surface area contributed by atoms with E-state index in [1.807, 2.05) is 6.92 Å². The third-order valence-electron chi connectivity index (χ3n) is 4.42. The third kappa shape index (κ3) is 5.17. The fourth-order valence-electron chi connectivity index (χ4n) is 2.89. The number of halogens is 2. The van der Waals surface area contributed by atoms with Crippen molar-refractivity contribution in [1.82, 2.24) is 5.32 Å². The van der Waals surface area contributed by atoms with Gasteiger partial charge in [0.25, 0.3) is 11.8 Å². The molecule has 0 saturated carbocycles. The maximum absolute atomic E-state index is 13.0. The number of carbonyl (C=O) groups is 4. The van der Waals surface area contributed by atoms with Crippen LogP contribution in [0.15, 0.2) is 46.4 Å². The predicted molar refractivity (Wildman–Crippen MR) is 121 cm³/mol. The molecule has 3 rings (SSSR count). The van der Waals surface area contributed by atoms with E-state index in [1.54, 1.807) is 31.2 Å². The van der Waals surface area contributed by atoms with Gasteiger partial charge < -0.3 is 9.47 Å². The van der Waals surface area contributed by atoms with Gasteiger partial charge in [-0.3, -0.25) is 14.9 Å². The normalized spacial score (nSPS) is 15.1. The molecule has 1 N–H and O–H groups in total. The predicted octanol–water partition coefficient (Wildman–Crippen LogP) is 4.02. The maximum atomic E-state index is 13.0. The number of hydrogen-bond acceptors (Lipinski definition) is 6. The number of anilines is 1. The van der Waals surface area contributed by atoms with Gasteiger partial charge in [-0.05, 0) is 61.4 Å². The molecule has 4 amide bonds. The van der Waals surface area contributed by atoms with Crippen molar-refractivity contribution in [3.05, 3.63) is 62.6 Å². The fourth-order valence-corrected chi connectivity index (χ4v) is 3.38. The van der Waals surface area contributed by atoms with Crippen LogP contribution < -0.4 is 15.0 Å². The first kappa shape index (κ1) is 23.5. The Balaban J connectivity index is 1.86. The van der Waals surface area contributed by atoms with Gasteiger partial charge in [0, 0.05) is 4.47 Å². The van der Waals surface area contributed by atoms with E-state index in [0.29, 0.717) is 11.3 Å². The summed E-state index contributed by atoms with van der Waals surface area (Å²) in [5.41, 5.74) is 1.34. The van der Waals surface area contributed by atoms with Crippen molar-refractivity contribution in [2.24, 2.45) is 0 Å². The number of nitrogens with zero attached hydrogens (tertiary/aromatic N) is 1. The molecule has 0 bridgehead atoms. The van der Waals surface area contributed by atoms with Gasteiger partial charge in [0.05, 0.1) is 17.3 Å². The number of urea groups is 1. The lowest BCUT2D eigenvalue weighted by Crippen LogP contribution is -2.54. The van der Waals surface area contributed by atoms with Crippen LogP contribution in [0, 0.1) is 6.92 Å². The smallest absolute Gasteiger partial charge is 0.344 e. The summed E-state index contributed by atoms with van der Waals surface area (Å²) in [6.07, 6.45) is 1.32. The first-order chi connectivity index (χ1) is 15.2. The molecular weight excluding hydrogens is 504 g/mol. The van der Waals surface area contributed by atoms with E-state index in [0.717, 1.165) is 14.9 Å². The number of rotatable bonds is 6. The molecule has 1 aliphatic heterocycles. The summed E-state index contributed by atoms with van der Waals surface area (Å²) in [5.74, 6) is -1.88. The Bertz CT molecular complexity index is 1150. The number of esters is 1. The number of benzene rings is 2. The third-order valence-corrected chi connectivity index (χ3v) is 5.60. The maximum Gasteiger partial charge on any atom is 0.344 e. The number of imide groups is 2. The topological polar surface area (TPSA) is 102 Å². The molecule has 0 aromatic heterocycles. The lowest BCUT2D eigenvalue weighted by Gasteiger charge is -2.26. The fraction of sp³-hybridized carbons (Fsp3) is 0.182. The minimum atomic E-state index is -0.834. The average Bonchev–Trinajstić information content (AvgIpc) is 2.73. The second-order valence-corrected chi connectivity index (χ2v) is 7.94. The summed E-state index contributed by atoms with van der Waals surface area (Å²) in [5, 5.41) is 2.34. The minimum Gasteiger partial charge on any atom is -0.480 e. The quantitative estimate of drug-likeness (QED) is 0.350. The summed E-state index contributed by atoms with van der Waals surface area (Å²) in [6.45, 7) is 3.42. The Morgan fingerprint density at radius 2 is 1.94 bits per heavy atom. The van der Waals surface area contributed by atoms with Gasteiger partial charge in [-0.15, -0.1) is 0 Å². The van der Waals surface area contributed by atoms with Crippen molar-refractivity contribution in [1.29, 1.82) is 0 Å². The molecule has 1 fully saturated rings. The number of nitrogens with one attached hydrogen (secondary N) is 1. The van der Waals surface area contributed by atoms with Crippen LogP contribution in [0.25, 0.3) is 6.08 Å². The van der Waals surface area contributed by atoms with Crippen molar-refractivity contribution in [3.63, 3.8) is 0 Å². The first-order valence-corrected chi connectivity index (χ1v) is 10.6. The highest BCUT2D eigenvalue weighted by Crippen LogP contribution is 2.29. The van der Waals surface area contributed by atoms with E-state index < -0.39 is 23.8 Å². The highest BCUT2D eigenvalue weighted by molar-refractivity contribution is 9.10. The van der Waals surface area contributed by atoms with E-state index in [2.05, 4.69) is 21.2 Å². The first-order valence-electron chi connectivity index (χ1n) is 9.46. The van der Waals surface area contributed by atoms with Gasteiger partial charge in [0.1, 0.15) is 11.3 Å². The van der Waals surface area contributed by atoms with Crippen LogP contribution in [-0.2, 0) is 19.1 Å². The zero-order valence-electron chi connectivity index (χ0n) is 17.1. The number of aryl methyl sites for hydroxylation is 1. The van der Waals surface area contributed by atoms with Gasteiger partial charge in [0.2, 0.25) is 0 Å². The lowest BCUT2D eigenvalue weighted by molar-refractivity contribution is -0.145. The van der Waals surface area contributed by atoms with E-state index in [9.17, 15) is 19.2 Å². The Labute approximate surface area is 197 Å². The van der Waals surface area contributed by atoms with Gasteiger partial charge in [-0.25, -0.2) is 14.5 Å². The van der Waals surface area contributed by atoms with Crippen LogP contribution in [-0.4, -0.2) is 37.0 Å². The number of amides is 4. The molecule has 32 heavy (non-hydrogen) atoms. The van der Waals surface area contributed by atoms with Gasteiger partial charge in [-0.2, -0.15) is 0 Å². The van der Waals surface area contributed by atoms with Crippen LogP contribution in [0.1, 0.15) is 18.1 Å². The molecule has 0 atom stereocenters. The average molecular weight is 522 g/mol. The highest BCUT2D eigenvalue weighted by Gasteiger charge is 2.36. The Kier molecular flexibility index (Phi) is 7.32. The SMILES string of the molecule is CCOC(=O)COc1ccc(/C=C2/C(=O)NC(=O)N(c3ccc(Br)c(C)c3)C2=O)cc1Cl. The van der Waals surface area contributed by atoms with Crippen LogP contribution in [0.5, 0.6) is 5.75 Å². The van der Waals surface area contributed by atoms with Gasteiger partial charge in [-0.1, -0.05) is 33.6 Å². The monoisotopic (exact) mass is 520 g/mol. The molecule has 10 heteroatoms. The van der Waals surface area contributed by atoms with Gasteiger partial charge >= 0.3 is 12.0 Å². The summed E-state index contributed by atoms with van der Waals surface area (Å²) in [6, 6.07) is 8.65. The zero-order chi connectivity index (χ0) is 23.4. The van der Waals surface area contributed by atoms with E-state index in [-0.39, 0.29) is 29.6 Å². The Hall–Kier alpha value is -3.17. The van der Waals surface area contributed by atoms with Crippen LogP contribution >= 0.6 is 27.5 Å². The molecule has 2 aromatic rings. The number of barbiturate groups is 1. The summed E-state index contributed by atoms with van der Waals surface area (Å²) in [4.78, 5) is 50.0. The van der Waals surface area contributed by atoms with Crippen LogP contribution in [0.4, 0.5) is 10.5 Å². The molecule has 2 aromatic carbocycles. The van der Waals surface area contributed by atoms with Crippen molar-refractivity contribution in [2.45, 2.75) is 13.8 Å². The summed E-state index contributed by atoms with van der Waals surface area (Å²) < 4.78 is 10.9. The number of carbonyl (C=O) groups excluding carboxylic acids is 4. The molecule has 166 valence electrons. The standard InChI is InChI=1S/C22H18BrClN2O6/c1-3-31-19(27)11-32-18-7-4-13(10-17(18)24)9-15-20(28)25-22(30)26(21(15)29)14-5-6-16(23)12(2)8-14/h4-10H,3,11H2,1-2H3,(H,25,28,30)/b15-9-. The molecular formula is C22H18BrClN2O6. The molecule has 0 aliphatic carbocycles. The van der Waals surface area contributed by atoms with E-state index in [4.69, 9.17) is 21.1 Å². The minimum absolute atomic E-state index is 0.170. The Morgan fingerprint density at radius 1 is 1.19 bits per heavy atom. The number of hydrogen-bond donors (Lipinski definition) is 1. The van der Waals surface area contributed by atoms with Crippen LogP contribution in [0.3, 0.4) is 0 Å². The second kappa shape index (κ2) is 9.97. The molecule has 8 nitrogen and oxygen atoms in total. The molecule has 1 heterocycles. The summed E-state index contributed by atoms with van der Waals surface area (Å²) >= 11 is 9.57.